The van der Waals surface area contributed by atoms with E-state index in [9.17, 15) is 8.78 Å². The number of nitrogens with two attached hydrogens (primary N) is 1. The van der Waals surface area contributed by atoms with Gasteiger partial charge in [0.25, 0.3) is 0 Å². The Hall–Kier alpha value is -1.91. The molecule has 0 aliphatic carbocycles. The number of anilines is 1. The van der Waals surface area contributed by atoms with E-state index in [4.69, 9.17) is 5.73 Å². The quantitative estimate of drug-likeness (QED) is 0.786. The molecule has 0 saturated heterocycles. The average Bonchev–Trinajstić information content (AvgIpc) is 2.49. The van der Waals surface area contributed by atoms with Gasteiger partial charge in [0, 0.05) is 5.56 Å². The zero-order valence-electron chi connectivity index (χ0n) is 7.92. The summed E-state index contributed by atoms with van der Waals surface area (Å²) in [6.07, 6.45) is 0. The molecule has 0 amide bonds. The molecular weight excluding hydrogens is 202 g/mol. The smallest absolute Gasteiger partial charge is 0.225 e. The predicted octanol–water partition coefficient (Wildman–Crippen LogP) is 2.51. The number of rotatable bonds is 1. The average molecular weight is 210 g/mol. The Kier molecular flexibility index (Phi) is 2.15. The molecule has 2 N–H and O–H groups in total. The van der Waals surface area contributed by atoms with Crippen LogP contribution in [0.15, 0.2) is 22.7 Å². The summed E-state index contributed by atoms with van der Waals surface area (Å²) in [5, 5.41) is 3.53. The van der Waals surface area contributed by atoms with Gasteiger partial charge in [-0.05, 0) is 19.1 Å². The van der Waals surface area contributed by atoms with Crippen molar-refractivity contribution < 1.29 is 13.3 Å². The molecule has 1 aromatic carbocycles. The number of benzene rings is 1. The molecular formula is C10H8F2N2O. The molecule has 2 rings (SSSR count). The molecule has 2 aromatic rings. The maximum atomic E-state index is 13.4. The minimum absolute atomic E-state index is 0.0626. The van der Waals surface area contributed by atoms with E-state index in [1.807, 2.05) is 0 Å². The largest absolute Gasteiger partial charge is 0.367 e. The summed E-state index contributed by atoms with van der Waals surface area (Å²) in [5.74, 6) is -1.31. The highest BCUT2D eigenvalue weighted by Gasteiger charge is 2.18. The van der Waals surface area contributed by atoms with Gasteiger partial charge in [-0.3, -0.25) is 0 Å². The second-order valence-electron chi connectivity index (χ2n) is 3.12. The van der Waals surface area contributed by atoms with E-state index >= 15 is 0 Å². The molecule has 0 fully saturated rings. The van der Waals surface area contributed by atoms with E-state index in [-0.39, 0.29) is 17.1 Å². The van der Waals surface area contributed by atoms with E-state index in [0.29, 0.717) is 5.56 Å². The topological polar surface area (TPSA) is 52.0 Å². The number of hydrogen-bond acceptors (Lipinski definition) is 3. The molecule has 0 radical (unpaired) electrons. The Morgan fingerprint density at radius 3 is 2.33 bits per heavy atom. The van der Waals surface area contributed by atoms with Crippen LogP contribution in [0.1, 0.15) is 5.56 Å². The van der Waals surface area contributed by atoms with Gasteiger partial charge in [-0.2, -0.15) is 0 Å². The Balaban J connectivity index is 2.69. The molecule has 15 heavy (non-hydrogen) atoms. The lowest BCUT2D eigenvalue weighted by Crippen LogP contribution is -1.92. The van der Waals surface area contributed by atoms with Crippen LogP contribution < -0.4 is 5.73 Å². The second kappa shape index (κ2) is 3.34. The van der Waals surface area contributed by atoms with Crippen LogP contribution in [-0.4, -0.2) is 5.16 Å². The summed E-state index contributed by atoms with van der Waals surface area (Å²) in [5.41, 5.74) is 5.72. The number of nitrogen functional groups attached to an aromatic ring is 1. The van der Waals surface area contributed by atoms with E-state index in [2.05, 4.69) is 9.68 Å². The molecule has 1 aromatic heterocycles. The minimum Gasteiger partial charge on any atom is -0.367 e. The highest BCUT2D eigenvalue weighted by atomic mass is 19.1. The molecule has 0 aliphatic heterocycles. The fraction of sp³-hybridized carbons (Fsp3) is 0.100. The monoisotopic (exact) mass is 210 g/mol. The molecule has 0 atom stereocenters. The van der Waals surface area contributed by atoms with Crippen LogP contribution in [0.3, 0.4) is 0 Å². The van der Waals surface area contributed by atoms with E-state index < -0.39 is 11.6 Å². The van der Waals surface area contributed by atoms with Crippen LogP contribution in [0.5, 0.6) is 0 Å². The Labute approximate surface area is 84.5 Å². The first kappa shape index (κ1) is 9.64. The van der Waals surface area contributed by atoms with Crippen LogP contribution in [-0.2, 0) is 0 Å². The third kappa shape index (κ3) is 1.45. The molecule has 1 heterocycles. The van der Waals surface area contributed by atoms with Gasteiger partial charge >= 0.3 is 0 Å². The molecule has 0 bridgehead atoms. The molecule has 5 heteroatoms. The van der Waals surface area contributed by atoms with Crippen molar-refractivity contribution in [3.63, 3.8) is 0 Å². The van der Waals surface area contributed by atoms with Crippen LogP contribution in [0.25, 0.3) is 11.3 Å². The maximum absolute atomic E-state index is 13.4. The minimum atomic E-state index is -0.689. The Morgan fingerprint density at radius 1 is 1.27 bits per heavy atom. The molecule has 3 nitrogen and oxygen atoms in total. The van der Waals surface area contributed by atoms with Gasteiger partial charge in [0.1, 0.15) is 17.3 Å². The van der Waals surface area contributed by atoms with Gasteiger partial charge in [0.05, 0.1) is 5.56 Å². The first-order valence-electron chi connectivity index (χ1n) is 4.27. The first-order valence-corrected chi connectivity index (χ1v) is 4.27. The van der Waals surface area contributed by atoms with E-state index in [0.717, 1.165) is 12.1 Å². The third-order valence-corrected chi connectivity index (χ3v) is 2.16. The van der Waals surface area contributed by atoms with Crippen molar-refractivity contribution >= 4 is 5.88 Å². The molecule has 0 spiro atoms. The normalized spacial score (nSPS) is 10.6. The number of aromatic nitrogens is 1. The van der Waals surface area contributed by atoms with Crippen molar-refractivity contribution in [2.75, 3.05) is 5.73 Å². The lowest BCUT2D eigenvalue weighted by molar-refractivity contribution is 0.437. The predicted molar refractivity (Wildman–Crippen MR) is 51.0 cm³/mol. The number of hydrogen-bond donors (Lipinski definition) is 1. The standard InChI is InChI=1S/C10H8F2N2O/c1-5-9(14-15-10(5)13)8-6(11)3-2-4-7(8)12/h2-4H,13H2,1H3. The SMILES string of the molecule is Cc1c(-c2c(F)cccc2F)noc1N. The van der Waals surface area contributed by atoms with Crippen LogP contribution >= 0.6 is 0 Å². The zero-order valence-corrected chi connectivity index (χ0v) is 7.92. The van der Waals surface area contributed by atoms with Gasteiger partial charge in [-0.15, -0.1) is 0 Å². The van der Waals surface area contributed by atoms with Gasteiger partial charge in [-0.1, -0.05) is 11.2 Å². The van der Waals surface area contributed by atoms with Crippen molar-refractivity contribution in [3.8, 4) is 11.3 Å². The van der Waals surface area contributed by atoms with Gasteiger partial charge < -0.3 is 10.3 Å². The Morgan fingerprint density at radius 2 is 1.87 bits per heavy atom. The Bertz CT molecular complexity index is 488. The van der Waals surface area contributed by atoms with Crippen molar-refractivity contribution in [2.45, 2.75) is 6.92 Å². The van der Waals surface area contributed by atoms with Crippen LogP contribution in [0, 0.1) is 18.6 Å². The van der Waals surface area contributed by atoms with Gasteiger partial charge in [0.2, 0.25) is 5.88 Å². The van der Waals surface area contributed by atoms with Gasteiger partial charge in [0.15, 0.2) is 0 Å². The van der Waals surface area contributed by atoms with E-state index in [1.54, 1.807) is 6.92 Å². The summed E-state index contributed by atoms with van der Waals surface area (Å²) in [6, 6.07) is 3.60. The summed E-state index contributed by atoms with van der Waals surface area (Å²) in [6.45, 7) is 1.59. The van der Waals surface area contributed by atoms with Crippen LogP contribution in [0.4, 0.5) is 14.7 Å². The number of halogens is 2. The fourth-order valence-electron chi connectivity index (χ4n) is 1.31. The molecule has 0 unspecified atom stereocenters. The first-order chi connectivity index (χ1) is 7.11. The maximum Gasteiger partial charge on any atom is 0.225 e. The van der Waals surface area contributed by atoms with E-state index in [1.165, 1.54) is 6.07 Å². The molecule has 0 aliphatic rings. The second-order valence-corrected chi connectivity index (χ2v) is 3.12. The summed E-state index contributed by atoms with van der Waals surface area (Å²) < 4.78 is 31.4. The summed E-state index contributed by atoms with van der Waals surface area (Å²) >= 11 is 0. The van der Waals surface area contributed by atoms with Crippen molar-refractivity contribution in [2.24, 2.45) is 0 Å². The molecule has 78 valence electrons. The highest BCUT2D eigenvalue weighted by molar-refractivity contribution is 5.67. The summed E-state index contributed by atoms with van der Waals surface area (Å²) in [4.78, 5) is 0. The summed E-state index contributed by atoms with van der Waals surface area (Å²) in [7, 11) is 0. The van der Waals surface area contributed by atoms with Crippen LogP contribution in [0.2, 0.25) is 0 Å². The van der Waals surface area contributed by atoms with Gasteiger partial charge in [-0.25, -0.2) is 8.78 Å². The van der Waals surface area contributed by atoms with Crippen molar-refractivity contribution in [3.05, 3.63) is 35.4 Å². The van der Waals surface area contributed by atoms with Crippen molar-refractivity contribution in [1.82, 2.24) is 5.16 Å². The lowest BCUT2D eigenvalue weighted by atomic mass is 10.1. The zero-order chi connectivity index (χ0) is 11.0. The highest BCUT2D eigenvalue weighted by Crippen LogP contribution is 2.30. The van der Waals surface area contributed by atoms with Crippen molar-refractivity contribution in [1.29, 1.82) is 0 Å². The lowest BCUT2D eigenvalue weighted by Gasteiger charge is -2.01. The fourth-order valence-corrected chi connectivity index (χ4v) is 1.31. The number of nitrogens with zero attached hydrogens (tertiary/aromatic N) is 1. The third-order valence-electron chi connectivity index (χ3n) is 2.16. The molecule has 0 saturated carbocycles.